The summed E-state index contributed by atoms with van der Waals surface area (Å²) < 4.78 is 10.1. The van der Waals surface area contributed by atoms with Crippen molar-refractivity contribution in [3.63, 3.8) is 0 Å². The molecule has 0 saturated heterocycles. The fraction of sp³-hybridized carbons (Fsp3) is 0.625. The largest absolute Gasteiger partial charge is 0.341 e. The van der Waals surface area contributed by atoms with Crippen molar-refractivity contribution in [3.05, 3.63) is 12.7 Å². The molecule has 0 bridgehead atoms. The topological polar surface area (TPSA) is 35.5 Å². The first kappa shape index (κ1) is 10.3. The second kappa shape index (κ2) is 5.04. The molecule has 0 aromatic carbocycles. The third kappa shape index (κ3) is 2.82. The molecule has 0 aliphatic rings. The standard InChI is InChI=1S/C8H14O3/c1-4-8(7-9,10-5-2)11-6-3/h4,7H,1,5-6H2,2-3H3. The predicted molar refractivity (Wildman–Crippen MR) is 42.2 cm³/mol. The van der Waals surface area contributed by atoms with E-state index in [4.69, 9.17) is 9.47 Å². The zero-order valence-corrected chi connectivity index (χ0v) is 7.00. The lowest BCUT2D eigenvalue weighted by Gasteiger charge is -2.22. The van der Waals surface area contributed by atoms with Gasteiger partial charge >= 0.3 is 0 Å². The minimum absolute atomic E-state index is 0.421. The summed E-state index contributed by atoms with van der Waals surface area (Å²) in [4.78, 5) is 10.5. The summed E-state index contributed by atoms with van der Waals surface area (Å²) in [6, 6.07) is 0. The molecule has 0 saturated carbocycles. The average molecular weight is 158 g/mol. The molecule has 0 aromatic rings. The summed E-state index contributed by atoms with van der Waals surface area (Å²) in [7, 11) is 0. The normalized spacial score (nSPS) is 11.1. The third-order valence-corrected chi connectivity index (χ3v) is 1.19. The van der Waals surface area contributed by atoms with Crippen LogP contribution < -0.4 is 0 Å². The van der Waals surface area contributed by atoms with Crippen LogP contribution in [-0.4, -0.2) is 25.3 Å². The number of ether oxygens (including phenoxy) is 2. The van der Waals surface area contributed by atoms with Crippen molar-refractivity contribution in [1.82, 2.24) is 0 Å². The Kier molecular flexibility index (Phi) is 4.74. The van der Waals surface area contributed by atoms with E-state index in [9.17, 15) is 4.79 Å². The number of carbonyl (C=O) groups is 1. The van der Waals surface area contributed by atoms with E-state index < -0.39 is 5.79 Å². The van der Waals surface area contributed by atoms with Crippen LogP contribution in [0.2, 0.25) is 0 Å². The molecular formula is C8H14O3. The summed E-state index contributed by atoms with van der Waals surface area (Å²) in [5.41, 5.74) is 0. The Morgan fingerprint density at radius 2 is 1.82 bits per heavy atom. The first-order chi connectivity index (χ1) is 5.24. The number of aldehydes is 1. The van der Waals surface area contributed by atoms with Crippen molar-refractivity contribution in [2.24, 2.45) is 0 Å². The minimum Gasteiger partial charge on any atom is -0.341 e. The van der Waals surface area contributed by atoms with Gasteiger partial charge in [-0.2, -0.15) is 0 Å². The maximum Gasteiger partial charge on any atom is 0.245 e. The Bertz CT molecular complexity index is 115. The van der Waals surface area contributed by atoms with Crippen molar-refractivity contribution >= 4 is 6.29 Å². The summed E-state index contributed by atoms with van der Waals surface area (Å²) in [6.07, 6.45) is 1.96. The zero-order chi connectivity index (χ0) is 8.74. The monoisotopic (exact) mass is 158 g/mol. The molecule has 0 aromatic heterocycles. The lowest BCUT2D eigenvalue weighted by atomic mass is 10.3. The molecule has 0 radical (unpaired) electrons. The molecule has 0 N–H and O–H groups in total. The molecule has 0 aliphatic heterocycles. The Balaban J connectivity index is 4.18. The lowest BCUT2D eigenvalue weighted by molar-refractivity contribution is -0.190. The molecular weight excluding hydrogens is 144 g/mol. The molecule has 64 valence electrons. The number of hydrogen-bond acceptors (Lipinski definition) is 3. The predicted octanol–water partition coefficient (Wildman–Crippen LogP) is 1.14. The molecule has 11 heavy (non-hydrogen) atoms. The van der Waals surface area contributed by atoms with Gasteiger partial charge in [-0.05, 0) is 19.9 Å². The van der Waals surface area contributed by atoms with E-state index in [2.05, 4.69) is 6.58 Å². The molecule has 0 fully saturated rings. The molecule has 0 atom stereocenters. The van der Waals surface area contributed by atoms with Crippen molar-refractivity contribution in [1.29, 1.82) is 0 Å². The number of carbonyl (C=O) groups excluding carboxylic acids is 1. The summed E-state index contributed by atoms with van der Waals surface area (Å²) >= 11 is 0. The van der Waals surface area contributed by atoms with Crippen LogP contribution >= 0.6 is 0 Å². The molecule has 0 amide bonds. The van der Waals surface area contributed by atoms with Crippen LogP contribution in [0.4, 0.5) is 0 Å². The van der Waals surface area contributed by atoms with Crippen molar-refractivity contribution in [2.75, 3.05) is 13.2 Å². The summed E-state index contributed by atoms with van der Waals surface area (Å²) in [5.74, 6) is -1.23. The van der Waals surface area contributed by atoms with Gasteiger partial charge in [-0.3, -0.25) is 4.79 Å². The molecule has 3 heteroatoms. The van der Waals surface area contributed by atoms with Crippen LogP contribution in [0.1, 0.15) is 13.8 Å². The SMILES string of the molecule is C=CC(C=O)(OCC)OCC. The van der Waals surface area contributed by atoms with Gasteiger partial charge in [0.05, 0.1) is 0 Å². The van der Waals surface area contributed by atoms with Gasteiger partial charge < -0.3 is 9.47 Å². The van der Waals surface area contributed by atoms with Crippen LogP contribution in [0.25, 0.3) is 0 Å². The Morgan fingerprint density at radius 1 is 1.36 bits per heavy atom. The van der Waals surface area contributed by atoms with E-state index in [0.717, 1.165) is 0 Å². The minimum atomic E-state index is -1.23. The van der Waals surface area contributed by atoms with E-state index in [1.165, 1.54) is 6.08 Å². The molecule has 0 heterocycles. The summed E-state index contributed by atoms with van der Waals surface area (Å²) in [5, 5.41) is 0. The fourth-order valence-electron chi connectivity index (χ4n) is 0.727. The molecule has 0 rings (SSSR count). The number of rotatable bonds is 6. The second-order valence-corrected chi connectivity index (χ2v) is 1.91. The maximum absolute atomic E-state index is 10.5. The first-order valence-corrected chi connectivity index (χ1v) is 3.62. The first-order valence-electron chi connectivity index (χ1n) is 3.62. The van der Waals surface area contributed by atoms with Crippen LogP contribution in [-0.2, 0) is 14.3 Å². The van der Waals surface area contributed by atoms with E-state index in [-0.39, 0.29) is 0 Å². The van der Waals surface area contributed by atoms with E-state index in [1.807, 2.05) is 0 Å². The molecule has 0 spiro atoms. The third-order valence-electron chi connectivity index (χ3n) is 1.19. The van der Waals surface area contributed by atoms with Gasteiger partial charge in [0.2, 0.25) is 5.79 Å². The Hall–Kier alpha value is -0.670. The van der Waals surface area contributed by atoms with Gasteiger partial charge in [0.15, 0.2) is 6.29 Å². The van der Waals surface area contributed by atoms with Gasteiger partial charge in [-0.1, -0.05) is 6.58 Å². The van der Waals surface area contributed by atoms with Gasteiger partial charge in [0.1, 0.15) is 0 Å². The smallest absolute Gasteiger partial charge is 0.245 e. The highest BCUT2D eigenvalue weighted by molar-refractivity contribution is 5.63. The highest BCUT2D eigenvalue weighted by atomic mass is 16.7. The van der Waals surface area contributed by atoms with Crippen molar-refractivity contribution in [2.45, 2.75) is 19.6 Å². The van der Waals surface area contributed by atoms with Crippen molar-refractivity contribution < 1.29 is 14.3 Å². The van der Waals surface area contributed by atoms with Crippen LogP contribution in [0.15, 0.2) is 12.7 Å². The quantitative estimate of drug-likeness (QED) is 0.330. The van der Waals surface area contributed by atoms with Gasteiger partial charge in [-0.15, -0.1) is 0 Å². The van der Waals surface area contributed by atoms with Crippen LogP contribution in [0.5, 0.6) is 0 Å². The fourth-order valence-corrected chi connectivity index (χ4v) is 0.727. The van der Waals surface area contributed by atoms with Gasteiger partial charge in [0.25, 0.3) is 0 Å². The molecule has 0 aliphatic carbocycles. The Morgan fingerprint density at radius 3 is 2.00 bits per heavy atom. The van der Waals surface area contributed by atoms with Crippen molar-refractivity contribution in [3.8, 4) is 0 Å². The van der Waals surface area contributed by atoms with E-state index >= 15 is 0 Å². The zero-order valence-electron chi connectivity index (χ0n) is 7.00. The molecule has 3 nitrogen and oxygen atoms in total. The molecule has 0 unspecified atom stereocenters. The highest BCUT2D eigenvalue weighted by Crippen LogP contribution is 2.10. The average Bonchev–Trinajstić information content (AvgIpc) is 2.04. The highest BCUT2D eigenvalue weighted by Gasteiger charge is 2.26. The second-order valence-electron chi connectivity index (χ2n) is 1.91. The maximum atomic E-state index is 10.5. The summed E-state index contributed by atoms with van der Waals surface area (Å²) in [6.45, 7) is 7.89. The van der Waals surface area contributed by atoms with Crippen LogP contribution in [0.3, 0.4) is 0 Å². The lowest BCUT2D eigenvalue weighted by Crippen LogP contribution is -2.35. The number of hydrogen-bond donors (Lipinski definition) is 0. The van der Waals surface area contributed by atoms with Gasteiger partial charge in [0, 0.05) is 13.2 Å². The Labute approximate surface area is 67.0 Å². The van der Waals surface area contributed by atoms with Gasteiger partial charge in [-0.25, -0.2) is 0 Å². The van der Waals surface area contributed by atoms with Crippen LogP contribution in [0, 0.1) is 0 Å². The van der Waals surface area contributed by atoms with E-state index in [1.54, 1.807) is 13.8 Å². The van der Waals surface area contributed by atoms with E-state index in [0.29, 0.717) is 19.5 Å².